The summed E-state index contributed by atoms with van der Waals surface area (Å²) in [6, 6.07) is 7.33. The lowest BCUT2D eigenvalue weighted by Crippen LogP contribution is -2.25. The molecule has 2 rings (SSSR count). The van der Waals surface area contributed by atoms with Crippen LogP contribution in [0.2, 0.25) is 0 Å². The minimum atomic E-state index is -4.32. The second-order valence-corrected chi connectivity index (χ2v) is 6.60. The van der Waals surface area contributed by atoms with Gasteiger partial charge in [-0.15, -0.1) is 0 Å². The largest absolute Gasteiger partial charge is 0.399 e. The van der Waals surface area contributed by atoms with E-state index in [4.69, 9.17) is 0 Å². The molecule has 0 aliphatic heterocycles. The Hall–Kier alpha value is -1.77. The molecule has 23 heavy (non-hydrogen) atoms. The molecule has 0 aliphatic rings. The average Bonchev–Trinajstić information content (AvgIpc) is 2.33. The van der Waals surface area contributed by atoms with Crippen LogP contribution in [0, 0.1) is 41.5 Å². The monoisotopic (exact) mass is 320 g/mol. The molecule has 0 unspecified atom stereocenters. The molecule has 0 radical (unpaired) electrons. The van der Waals surface area contributed by atoms with E-state index in [1.807, 2.05) is 38.1 Å². The molecule has 0 saturated heterocycles. The SMILES string of the molecule is Cc1cc(C)c(C(c2c(C)cc(C)cc2C)C(F)(F)F)c(C)c1. The van der Waals surface area contributed by atoms with E-state index in [2.05, 4.69) is 0 Å². The first-order valence-electron chi connectivity index (χ1n) is 7.74. The van der Waals surface area contributed by atoms with Crippen LogP contribution in [0.5, 0.6) is 0 Å². The zero-order chi connectivity index (χ0) is 17.5. The lowest BCUT2D eigenvalue weighted by Gasteiger charge is -2.28. The first kappa shape index (κ1) is 17.6. The molecular formula is C20H23F3. The van der Waals surface area contributed by atoms with Crippen molar-refractivity contribution < 1.29 is 13.2 Å². The maximum Gasteiger partial charge on any atom is 0.399 e. The van der Waals surface area contributed by atoms with Crippen LogP contribution in [0.3, 0.4) is 0 Å². The second-order valence-electron chi connectivity index (χ2n) is 6.60. The van der Waals surface area contributed by atoms with E-state index >= 15 is 0 Å². The van der Waals surface area contributed by atoms with E-state index in [0.717, 1.165) is 11.1 Å². The fraction of sp³-hybridized carbons (Fsp3) is 0.400. The lowest BCUT2D eigenvalue weighted by atomic mass is 9.80. The molecule has 0 N–H and O–H groups in total. The van der Waals surface area contributed by atoms with Crippen molar-refractivity contribution in [2.75, 3.05) is 0 Å². The van der Waals surface area contributed by atoms with Crippen molar-refractivity contribution in [3.05, 3.63) is 68.8 Å². The predicted octanol–water partition coefficient (Wildman–Crippen LogP) is 6.23. The highest BCUT2D eigenvalue weighted by Gasteiger charge is 2.44. The molecular weight excluding hydrogens is 297 g/mol. The molecule has 0 bridgehead atoms. The van der Waals surface area contributed by atoms with Gasteiger partial charge in [-0.3, -0.25) is 0 Å². The number of benzene rings is 2. The van der Waals surface area contributed by atoms with E-state index in [1.54, 1.807) is 27.7 Å². The van der Waals surface area contributed by atoms with Crippen molar-refractivity contribution in [3.8, 4) is 0 Å². The number of alkyl halides is 3. The zero-order valence-corrected chi connectivity index (χ0v) is 14.5. The summed E-state index contributed by atoms with van der Waals surface area (Å²) in [7, 11) is 0. The predicted molar refractivity (Wildman–Crippen MR) is 89.2 cm³/mol. The Morgan fingerprint density at radius 3 is 1.09 bits per heavy atom. The Morgan fingerprint density at radius 1 is 0.609 bits per heavy atom. The smallest absolute Gasteiger partial charge is 0.170 e. The van der Waals surface area contributed by atoms with Crippen LogP contribution in [0.1, 0.15) is 50.4 Å². The van der Waals surface area contributed by atoms with E-state index < -0.39 is 12.1 Å². The lowest BCUT2D eigenvalue weighted by molar-refractivity contribution is -0.141. The number of hydrogen-bond donors (Lipinski definition) is 0. The Kier molecular flexibility index (Phi) is 4.61. The highest BCUT2D eigenvalue weighted by Crippen LogP contribution is 2.45. The van der Waals surface area contributed by atoms with Gasteiger partial charge in [0.25, 0.3) is 0 Å². The average molecular weight is 320 g/mol. The summed E-state index contributed by atoms with van der Waals surface area (Å²) < 4.78 is 42.0. The van der Waals surface area contributed by atoms with E-state index in [1.165, 1.54) is 0 Å². The van der Waals surface area contributed by atoms with Crippen molar-refractivity contribution >= 4 is 0 Å². The molecule has 0 aliphatic carbocycles. The number of aryl methyl sites for hydroxylation is 6. The van der Waals surface area contributed by atoms with Crippen LogP contribution in [0.15, 0.2) is 24.3 Å². The highest BCUT2D eigenvalue weighted by atomic mass is 19.4. The van der Waals surface area contributed by atoms with E-state index in [9.17, 15) is 13.2 Å². The molecule has 124 valence electrons. The third kappa shape index (κ3) is 3.44. The summed E-state index contributed by atoms with van der Waals surface area (Å²) >= 11 is 0. The van der Waals surface area contributed by atoms with Gasteiger partial charge in [0.15, 0.2) is 0 Å². The topological polar surface area (TPSA) is 0 Å². The van der Waals surface area contributed by atoms with Crippen LogP contribution in [-0.2, 0) is 0 Å². The summed E-state index contributed by atoms with van der Waals surface area (Å²) in [6.07, 6.45) is -4.32. The quantitative estimate of drug-likeness (QED) is 0.615. The van der Waals surface area contributed by atoms with Gasteiger partial charge < -0.3 is 0 Å². The van der Waals surface area contributed by atoms with Gasteiger partial charge in [0.1, 0.15) is 5.92 Å². The number of rotatable bonds is 2. The van der Waals surface area contributed by atoms with Gasteiger partial charge in [0, 0.05) is 0 Å². The standard InChI is InChI=1S/C20H23F3/c1-11-7-13(3)17(14(4)8-11)19(20(21,22)23)18-15(5)9-12(2)10-16(18)6/h7-10,19H,1-6H3. The van der Waals surface area contributed by atoms with E-state index in [-0.39, 0.29) is 0 Å². The Morgan fingerprint density at radius 2 is 0.870 bits per heavy atom. The zero-order valence-electron chi connectivity index (χ0n) is 14.5. The molecule has 0 spiro atoms. The normalized spacial score (nSPS) is 12.1. The van der Waals surface area contributed by atoms with Crippen LogP contribution < -0.4 is 0 Å². The van der Waals surface area contributed by atoms with Crippen molar-refractivity contribution in [1.82, 2.24) is 0 Å². The van der Waals surface area contributed by atoms with Crippen LogP contribution in [-0.4, -0.2) is 6.18 Å². The molecule has 0 fully saturated rings. The van der Waals surface area contributed by atoms with Gasteiger partial charge in [-0.25, -0.2) is 0 Å². The molecule has 2 aromatic rings. The molecule has 0 atom stereocenters. The Labute approximate surface area is 136 Å². The van der Waals surface area contributed by atoms with Crippen molar-refractivity contribution in [3.63, 3.8) is 0 Å². The fourth-order valence-corrected chi connectivity index (χ4v) is 3.76. The molecule has 0 amide bonds. The van der Waals surface area contributed by atoms with Gasteiger partial charge in [0.05, 0.1) is 0 Å². The van der Waals surface area contributed by atoms with Crippen molar-refractivity contribution in [2.24, 2.45) is 0 Å². The molecule has 3 heteroatoms. The summed E-state index contributed by atoms with van der Waals surface area (Å²) in [4.78, 5) is 0. The molecule has 0 nitrogen and oxygen atoms in total. The van der Waals surface area contributed by atoms with E-state index in [0.29, 0.717) is 33.4 Å². The molecule has 0 saturated carbocycles. The Bertz CT molecular complexity index is 636. The van der Waals surface area contributed by atoms with Crippen LogP contribution in [0.4, 0.5) is 13.2 Å². The molecule has 0 aromatic heterocycles. The van der Waals surface area contributed by atoms with Gasteiger partial charge >= 0.3 is 6.18 Å². The van der Waals surface area contributed by atoms with Gasteiger partial charge in [-0.05, 0) is 74.9 Å². The number of halogens is 3. The van der Waals surface area contributed by atoms with Crippen molar-refractivity contribution in [2.45, 2.75) is 53.6 Å². The van der Waals surface area contributed by atoms with Gasteiger partial charge in [-0.1, -0.05) is 35.4 Å². The van der Waals surface area contributed by atoms with Crippen LogP contribution in [0.25, 0.3) is 0 Å². The number of hydrogen-bond acceptors (Lipinski definition) is 0. The first-order chi connectivity index (χ1) is 10.5. The minimum absolute atomic E-state index is 0.387. The maximum atomic E-state index is 14.0. The van der Waals surface area contributed by atoms with Gasteiger partial charge in [-0.2, -0.15) is 13.2 Å². The highest BCUT2D eigenvalue weighted by molar-refractivity contribution is 5.50. The first-order valence-corrected chi connectivity index (χ1v) is 7.74. The molecule has 2 aromatic carbocycles. The van der Waals surface area contributed by atoms with Crippen LogP contribution >= 0.6 is 0 Å². The summed E-state index contributed by atoms with van der Waals surface area (Å²) in [6.45, 7) is 10.9. The minimum Gasteiger partial charge on any atom is -0.170 e. The van der Waals surface area contributed by atoms with Gasteiger partial charge in [0.2, 0.25) is 0 Å². The summed E-state index contributed by atoms with van der Waals surface area (Å²) in [5.74, 6) is -1.58. The second kappa shape index (κ2) is 6.03. The summed E-state index contributed by atoms with van der Waals surface area (Å²) in [5, 5.41) is 0. The Balaban J connectivity index is 2.81. The third-order valence-corrected chi connectivity index (χ3v) is 4.38. The fourth-order valence-electron chi connectivity index (χ4n) is 3.76. The third-order valence-electron chi connectivity index (χ3n) is 4.38. The summed E-state index contributed by atoms with van der Waals surface area (Å²) in [5.41, 5.74) is 5.54. The maximum absolute atomic E-state index is 14.0. The van der Waals surface area contributed by atoms with Crippen molar-refractivity contribution in [1.29, 1.82) is 0 Å². The molecule has 0 heterocycles.